The van der Waals surface area contributed by atoms with E-state index in [0.29, 0.717) is 4.31 Å². The van der Waals surface area contributed by atoms with Gasteiger partial charge in [-0.3, -0.25) is 9.59 Å². The zero-order valence-electron chi connectivity index (χ0n) is 9.20. The van der Waals surface area contributed by atoms with E-state index in [-0.39, 0.29) is 35.8 Å². The summed E-state index contributed by atoms with van der Waals surface area (Å²) in [5.74, 6) is -1.26. The van der Waals surface area contributed by atoms with Crippen molar-refractivity contribution in [2.45, 2.75) is 11.3 Å². The van der Waals surface area contributed by atoms with Crippen molar-refractivity contribution >= 4 is 34.2 Å². The SMILES string of the molecule is Cl.NC(=O)CCN1C(=O)c2ccccc2S1(=O)=O. The average Bonchev–Trinajstić information content (AvgIpc) is 2.46. The maximum atomic E-state index is 12.0. The molecule has 0 spiro atoms. The highest BCUT2D eigenvalue weighted by Crippen LogP contribution is 2.29. The Kier molecular flexibility index (Phi) is 3.98. The molecule has 1 heterocycles. The summed E-state index contributed by atoms with van der Waals surface area (Å²) in [7, 11) is -3.82. The molecule has 0 saturated heterocycles. The molecule has 1 aliphatic heterocycles. The van der Waals surface area contributed by atoms with Gasteiger partial charge in [0.05, 0.1) is 5.56 Å². The van der Waals surface area contributed by atoms with Gasteiger partial charge in [0.2, 0.25) is 5.91 Å². The predicted octanol–water partition coefficient (Wildman–Crippen LogP) is 0.128. The van der Waals surface area contributed by atoms with Crippen molar-refractivity contribution in [3.8, 4) is 0 Å². The number of halogens is 1. The molecule has 2 amide bonds. The van der Waals surface area contributed by atoms with Crippen molar-refractivity contribution in [2.24, 2.45) is 5.73 Å². The summed E-state index contributed by atoms with van der Waals surface area (Å²) in [4.78, 5) is 22.4. The van der Waals surface area contributed by atoms with E-state index in [1.54, 1.807) is 12.1 Å². The van der Waals surface area contributed by atoms with Crippen molar-refractivity contribution in [3.05, 3.63) is 29.8 Å². The number of benzene rings is 1. The normalized spacial score (nSPS) is 16.0. The fraction of sp³-hybridized carbons (Fsp3) is 0.200. The lowest BCUT2D eigenvalue weighted by Gasteiger charge is -2.13. The van der Waals surface area contributed by atoms with E-state index in [1.807, 2.05) is 0 Å². The molecule has 0 radical (unpaired) electrons. The maximum Gasteiger partial charge on any atom is 0.269 e. The molecule has 0 fully saturated rings. The molecule has 2 N–H and O–H groups in total. The number of nitrogens with two attached hydrogens (primary N) is 1. The van der Waals surface area contributed by atoms with E-state index < -0.39 is 21.8 Å². The van der Waals surface area contributed by atoms with Crippen molar-refractivity contribution in [3.63, 3.8) is 0 Å². The van der Waals surface area contributed by atoms with Crippen LogP contribution >= 0.6 is 12.4 Å². The fourth-order valence-electron chi connectivity index (χ4n) is 1.66. The summed E-state index contributed by atoms with van der Waals surface area (Å²) in [6, 6.07) is 5.94. The van der Waals surface area contributed by atoms with Crippen LogP contribution in [0.5, 0.6) is 0 Å². The molecule has 1 aromatic carbocycles. The second kappa shape index (κ2) is 4.95. The molecule has 0 aliphatic carbocycles. The smallest absolute Gasteiger partial charge is 0.269 e. The first-order valence-electron chi connectivity index (χ1n) is 4.89. The Morgan fingerprint density at radius 2 is 1.89 bits per heavy atom. The number of rotatable bonds is 3. The number of amides is 2. The van der Waals surface area contributed by atoms with E-state index in [2.05, 4.69) is 0 Å². The highest BCUT2D eigenvalue weighted by Gasteiger charge is 2.40. The van der Waals surface area contributed by atoms with Crippen LogP contribution in [0.25, 0.3) is 0 Å². The lowest BCUT2D eigenvalue weighted by Crippen LogP contribution is -2.33. The van der Waals surface area contributed by atoms with E-state index >= 15 is 0 Å². The van der Waals surface area contributed by atoms with Crippen LogP contribution in [0.1, 0.15) is 16.8 Å². The minimum atomic E-state index is -3.82. The molecule has 2 rings (SSSR count). The van der Waals surface area contributed by atoms with Crippen LogP contribution in [-0.4, -0.2) is 31.1 Å². The molecular formula is C10H11ClN2O4S. The Labute approximate surface area is 110 Å². The van der Waals surface area contributed by atoms with Crippen molar-refractivity contribution in [2.75, 3.05) is 6.54 Å². The quantitative estimate of drug-likeness (QED) is 0.855. The molecule has 1 aromatic rings. The summed E-state index contributed by atoms with van der Waals surface area (Å²) < 4.78 is 24.6. The van der Waals surface area contributed by atoms with Gasteiger partial charge < -0.3 is 5.73 Å². The molecule has 0 aromatic heterocycles. The summed E-state index contributed by atoms with van der Waals surface area (Å²) in [6.07, 6.45) is -0.182. The number of carbonyl (C=O) groups is 2. The fourth-order valence-corrected chi connectivity index (χ4v) is 3.23. The lowest BCUT2D eigenvalue weighted by atomic mass is 10.2. The second-order valence-corrected chi connectivity index (χ2v) is 5.43. The third-order valence-electron chi connectivity index (χ3n) is 2.47. The highest BCUT2D eigenvalue weighted by atomic mass is 35.5. The van der Waals surface area contributed by atoms with Crippen LogP contribution in [0.15, 0.2) is 29.2 Å². The van der Waals surface area contributed by atoms with E-state index in [1.165, 1.54) is 12.1 Å². The van der Waals surface area contributed by atoms with Gasteiger partial charge in [0.1, 0.15) is 4.90 Å². The van der Waals surface area contributed by atoms with E-state index in [0.717, 1.165) is 0 Å². The molecule has 0 bridgehead atoms. The van der Waals surface area contributed by atoms with Crippen LogP contribution < -0.4 is 5.73 Å². The average molecular weight is 291 g/mol. The standard InChI is InChI=1S/C10H10N2O4S.ClH/c11-9(13)5-6-12-10(14)7-3-1-2-4-8(7)17(12,15)16;/h1-4H,5-6H2,(H2,11,13);1H. The summed E-state index contributed by atoms with van der Waals surface area (Å²) in [5.41, 5.74) is 5.07. The minimum Gasteiger partial charge on any atom is -0.370 e. The molecule has 0 unspecified atom stereocenters. The molecular weight excluding hydrogens is 280 g/mol. The molecule has 0 saturated carbocycles. The largest absolute Gasteiger partial charge is 0.370 e. The van der Waals surface area contributed by atoms with Gasteiger partial charge in [-0.25, -0.2) is 12.7 Å². The number of sulfonamides is 1. The zero-order valence-corrected chi connectivity index (χ0v) is 10.8. The first-order chi connectivity index (χ1) is 7.94. The van der Waals surface area contributed by atoms with Gasteiger partial charge in [0, 0.05) is 13.0 Å². The maximum absolute atomic E-state index is 12.0. The molecule has 6 nitrogen and oxygen atoms in total. The van der Waals surface area contributed by atoms with E-state index in [4.69, 9.17) is 5.73 Å². The number of carbonyl (C=O) groups excluding carboxylic acids is 2. The topological polar surface area (TPSA) is 97.5 Å². The summed E-state index contributed by atoms with van der Waals surface area (Å²) in [5, 5.41) is 0. The van der Waals surface area contributed by atoms with Crippen LogP contribution in [0.4, 0.5) is 0 Å². The molecule has 1 aliphatic rings. The lowest BCUT2D eigenvalue weighted by molar-refractivity contribution is -0.118. The van der Waals surface area contributed by atoms with Gasteiger partial charge in [0.15, 0.2) is 0 Å². The molecule has 8 heteroatoms. The van der Waals surface area contributed by atoms with Crippen LogP contribution in [0.3, 0.4) is 0 Å². The van der Waals surface area contributed by atoms with Crippen molar-refractivity contribution < 1.29 is 18.0 Å². The Balaban J connectivity index is 0.00000162. The second-order valence-electron chi connectivity index (χ2n) is 3.59. The van der Waals surface area contributed by atoms with Gasteiger partial charge in [-0.2, -0.15) is 0 Å². The van der Waals surface area contributed by atoms with Gasteiger partial charge in [-0.1, -0.05) is 12.1 Å². The number of primary amides is 1. The van der Waals surface area contributed by atoms with Crippen molar-refractivity contribution in [1.29, 1.82) is 0 Å². The number of nitrogens with zero attached hydrogens (tertiary/aromatic N) is 1. The van der Waals surface area contributed by atoms with Crippen LogP contribution in [0.2, 0.25) is 0 Å². The first kappa shape index (κ1) is 14.5. The van der Waals surface area contributed by atoms with Gasteiger partial charge >= 0.3 is 0 Å². The van der Waals surface area contributed by atoms with Crippen molar-refractivity contribution in [1.82, 2.24) is 4.31 Å². The predicted molar refractivity (Wildman–Crippen MR) is 65.7 cm³/mol. The Morgan fingerprint density at radius 3 is 2.44 bits per heavy atom. The Bertz CT molecular complexity index is 600. The zero-order chi connectivity index (χ0) is 12.6. The molecule has 18 heavy (non-hydrogen) atoms. The summed E-state index contributed by atoms with van der Waals surface area (Å²) >= 11 is 0. The third-order valence-corrected chi connectivity index (χ3v) is 4.31. The summed E-state index contributed by atoms with van der Waals surface area (Å²) in [6.45, 7) is -0.217. The monoisotopic (exact) mass is 290 g/mol. The number of hydrogen-bond acceptors (Lipinski definition) is 4. The van der Waals surface area contributed by atoms with Gasteiger partial charge in [-0.05, 0) is 12.1 Å². The van der Waals surface area contributed by atoms with E-state index in [9.17, 15) is 18.0 Å². The van der Waals surface area contributed by atoms with Crippen LogP contribution in [-0.2, 0) is 14.8 Å². The number of hydrogen-bond donors (Lipinski definition) is 1. The minimum absolute atomic E-state index is 0. The first-order valence-corrected chi connectivity index (χ1v) is 6.33. The van der Waals surface area contributed by atoms with Gasteiger partial charge in [-0.15, -0.1) is 12.4 Å². The third kappa shape index (κ3) is 2.19. The Hall–Kier alpha value is -1.60. The molecule has 98 valence electrons. The molecule has 0 atom stereocenters. The highest BCUT2D eigenvalue weighted by molar-refractivity contribution is 7.90. The Morgan fingerprint density at radius 1 is 1.28 bits per heavy atom. The van der Waals surface area contributed by atoms with Crippen LogP contribution in [0, 0.1) is 0 Å². The number of fused-ring (bicyclic) bond motifs is 1. The van der Waals surface area contributed by atoms with Gasteiger partial charge in [0.25, 0.3) is 15.9 Å².